The molecule has 4 rings (SSSR count). The maximum Gasteiger partial charge on any atom is 0.430 e. The van der Waals surface area contributed by atoms with Crippen LogP contribution in [-0.2, 0) is 19.6 Å². The molecule has 0 saturated carbocycles. The van der Waals surface area contributed by atoms with Crippen molar-refractivity contribution in [1.29, 1.82) is 0 Å². The molecular weight excluding hydrogens is 565 g/mol. The number of para-hydroxylation sites is 1. The molecule has 1 aliphatic heterocycles. The van der Waals surface area contributed by atoms with Crippen molar-refractivity contribution in [3.05, 3.63) is 60.2 Å². The minimum Gasteiger partial charge on any atom is -0.542 e. The van der Waals surface area contributed by atoms with E-state index >= 15 is 0 Å². The number of allylic oxidation sites excluding steroid dienone is 2. The van der Waals surface area contributed by atoms with E-state index in [1.54, 1.807) is 31.4 Å². The minimum absolute atomic E-state index is 0.0520. The molecule has 13 heteroatoms. The second-order valence-electron chi connectivity index (χ2n) is 9.49. The molecule has 2 aliphatic rings. The first kappa shape index (κ1) is 31.7. The number of alkyl halides is 3. The summed E-state index contributed by atoms with van der Waals surface area (Å²) in [5, 5.41) is 11.5. The van der Waals surface area contributed by atoms with Crippen molar-refractivity contribution in [1.82, 2.24) is 5.32 Å². The average molecular weight is 597 g/mol. The second-order valence-corrected chi connectivity index (χ2v) is 11.3. The van der Waals surface area contributed by atoms with Gasteiger partial charge in [-0.25, -0.2) is 4.79 Å². The van der Waals surface area contributed by atoms with Gasteiger partial charge in [0.05, 0.1) is 25.4 Å². The van der Waals surface area contributed by atoms with Crippen LogP contribution >= 0.6 is 0 Å². The smallest absolute Gasteiger partial charge is 0.430 e. The van der Waals surface area contributed by atoms with Gasteiger partial charge in [0.2, 0.25) is 11.4 Å². The Balaban J connectivity index is 0.000000587. The van der Waals surface area contributed by atoms with Gasteiger partial charge >= 0.3 is 22.3 Å². The summed E-state index contributed by atoms with van der Waals surface area (Å²) in [6.45, 7) is 2.71. The molecule has 1 atom stereocenters. The number of carboxylic acids is 1. The predicted octanol–water partition coefficient (Wildman–Crippen LogP) is 4.19. The number of nitrogens with one attached hydrogen (secondary N) is 1. The topological polar surface area (TPSA) is 125 Å². The molecule has 0 bridgehead atoms. The van der Waals surface area contributed by atoms with Gasteiger partial charge in [-0.05, 0) is 61.4 Å². The molecule has 2 aromatic carbocycles. The van der Waals surface area contributed by atoms with Gasteiger partial charge in [0.15, 0.2) is 0 Å². The van der Waals surface area contributed by atoms with Gasteiger partial charge in [-0.2, -0.15) is 21.6 Å². The van der Waals surface area contributed by atoms with Crippen LogP contribution in [0, 0.1) is 5.41 Å². The number of ether oxygens (including phenoxy) is 2. The van der Waals surface area contributed by atoms with Crippen LogP contribution in [0.15, 0.2) is 59.5 Å². The quantitative estimate of drug-likeness (QED) is 0.358. The second kappa shape index (κ2) is 12.8. The SMILES string of the molecule is CC[C@]1(CCCNC(=O)OC)C=C2C(=[N+](S(=O)(=O)c3ccc(OC)cc3)c3ccccc32)CC1.O=C([O-])C(F)(F)F. The van der Waals surface area contributed by atoms with E-state index in [2.05, 4.69) is 23.1 Å². The van der Waals surface area contributed by atoms with E-state index in [1.165, 1.54) is 11.1 Å². The molecule has 0 saturated heterocycles. The van der Waals surface area contributed by atoms with Crippen molar-refractivity contribution in [2.24, 2.45) is 5.41 Å². The van der Waals surface area contributed by atoms with Crippen molar-refractivity contribution >= 4 is 39.1 Å². The summed E-state index contributed by atoms with van der Waals surface area (Å²) in [7, 11) is -0.874. The van der Waals surface area contributed by atoms with Crippen molar-refractivity contribution < 1.29 is 49.7 Å². The molecule has 0 spiro atoms. The number of hydrogen-bond donors (Lipinski definition) is 1. The van der Waals surface area contributed by atoms with Gasteiger partial charge in [0, 0.05) is 19.0 Å². The number of halogens is 3. The highest BCUT2D eigenvalue weighted by Crippen LogP contribution is 2.48. The number of alkyl carbamates (subject to hydrolysis) is 1. The van der Waals surface area contributed by atoms with Crippen LogP contribution < -0.4 is 15.2 Å². The first-order valence-corrected chi connectivity index (χ1v) is 14.2. The Morgan fingerprint density at radius 2 is 1.73 bits per heavy atom. The lowest BCUT2D eigenvalue weighted by atomic mass is 9.70. The summed E-state index contributed by atoms with van der Waals surface area (Å²) in [4.78, 5) is 20.4. The van der Waals surface area contributed by atoms with Crippen molar-refractivity contribution in [3.63, 3.8) is 0 Å². The molecule has 0 unspecified atom stereocenters. The van der Waals surface area contributed by atoms with Crippen molar-refractivity contribution in [2.45, 2.75) is 50.1 Å². The number of nitrogens with zero attached hydrogens (tertiary/aromatic N) is 1. The molecule has 0 radical (unpaired) electrons. The van der Waals surface area contributed by atoms with Gasteiger partial charge < -0.3 is 24.7 Å². The number of carbonyl (C=O) groups is 2. The molecule has 1 aliphatic carbocycles. The largest absolute Gasteiger partial charge is 0.542 e. The number of amides is 1. The minimum atomic E-state index is -5.19. The Morgan fingerprint density at radius 1 is 1.10 bits per heavy atom. The number of benzene rings is 2. The van der Waals surface area contributed by atoms with Crippen LogP contribution in [-0.4, -0.2) is 57.1 Å². The number of methoxy groups -OCH3 is 2. The zero-order valence-electron chi connectivity index (χ0n) is 22.8. The van der Waals surface area contributed by atoms with E-state index in [0.717, 1.165) is 42.5 Å². The van der Waals surface area contributed by atoms with Crippen molar-refractivity contribution in [3.8, 4) is 5.75 Å². The molecule has 1 heterocycles. The molecule has 1 amide bonds. The number of fused-ring (bicyclic) bond motifs is 3. The van der Waals surface area contributed by atoms with Crippen LogP contribution in [0.1, 0.15) is 44.6 Å². The maximum absolute atomic E-state index is 13.8. The summed E-state index contributed by atoms with van der Waals surface area (Å²) in [6, 6.07) is 14.2. The predicted molar refractivity (Wildman–Crippen MR) is 142 cm³/mol. The van der Waals surface area contributed by atoms with Gasteiger partial charge in [-0.1, -0.05) is 29.1 Å². The average Bonchev–Trinajstić information content (AvgIpc) is 3.29. The number of hydrogen-bond acceptors (Lipinski definition) is 7. The lowest BCUT2D eigenvalue weighted by molar-refractivity contribution is -0.344. The summed E-state index contributed by atoms with van der Waals surface area (Å²) in [6.07, 6.45) is 0.821. The molecule has 222 valence electrons. The van der Waals surface area contributed by atoms with Crippen LogP contribution in [0.5, 0.6) is 5.75 Å². The molecule has 2 aromatic rings. The fraction of sp³-hybridized carbons (Fsp3) is 0.393. The summed E-state index contributed by atoms with van der Waals surface area (Å²) in [5.41, 5.74) is 3.41. The Labute approximate surface area is 236 Å². The van der Waals surface area contributed by atoms with Crippen LogP contribution in [0.2, 0.25) is 0 Å². The van der Waals surface area contributed by atoms with Gasteiger partial charge in [-0.15, -0.1) is 0 Å². The summed E-state index contributed by atoms with van der Waals surface area (Å²) >= 11 is 0. The first-order valence-electron chi connectivity index (χ1n) is 12.8. The first-order chi connectivity index (χ1) is 19.3. The lowest BCUT2D eigenvalue weighted by Gasteiger charge is -2.33. The third-order valence-corrected chi connectivity index (χ3v) is 8.88. The number of carbonyl (C=O) groups excluding carboxylic acids is 2. The Bertz CT molecular complexity index is 1450. The number of aliphatic carboxylic acids is 1. The van der Waals surface area contributed by atoms with E-state index in [-0.39, 0.29) is 10.3 Å². The van der Waals surface area contributed by atoms with E-state index in [4.69, 9.17) is 14.6 Å². The van der Waals surface area contributed by atoms with E-state index in [1.807, 2.05) is 24.3 Å². The van der Waals surface area contributed by atoms with Gasteiger partial charge in [0.1, 0.15) is 16.6 Å². The van der Waals surface area contributed by atoms with Gasteiger partial charge in [-0.3, -0.25) is 0 Å². The Kier molecular flexibility index (Phi) is 9.85. The van der Waals surface area contributed by atoms with Crippen LogP contribution in [0.3, 0.4) is 0 Å². The van der Waals surface area contributed by atoms with Crippen LogP contribution in [0.4, 0.5) is 23.7 Å². The zero-order valence-corrected chi connectivity index (χ0v) is 23.6. The molecule has 0 fully saturated rings. The van der Waals surface area contributed by atoms with E-state index < -0.39 is 28.3 Å². The highest BCUT2D eigenvalue weighted by atomic mass is 32.2. The van der Waals surface area contributed by atoms with E-state index in [9.17, 15) is 26.4 Å². The number of sulfonamides is 1. The number of carboxylic acid groups (broad SMARTS) is 1. The van der Waals surface area contributed by atoms with Gasteiger partial charge in [0.25, 0.3) is 0 Å². The number of rotatable bonds is 8. The Morgan fingerprint density at radius 3 is 2.29 bits per heavy atom. The zero-order chi connectivity index (χ0) is 30.4. The third-order valence-electron chi connectivity index (χ3n) is 7.12. The summed E-state index contributed by atoms with van der Waals surface area (Å²) < 4.78 is 70.5. The maximum atomic E-state index is 13.8. The summed E-state index contributed by atoms with van der Waals surface area (Å²) in [5.74, 6) is -2.39. The lowest BCUT2D eigenvalue weighted by Crippen LogP contribution is -2.37. The molecular formula is C28H31F3N2O7S. The molecule has 1 N–H and O–H groups in total. The normalized spacial score (nSPS) is 17.9. The molecule has 0 aromatic heterocycles. The highest BCUT2D eigenvalue weighted by Gasteiger charge is 2.47. The molecule has 41 heavy (non-hydrogen) atoms. The third kappa shape index (κ3) is 7.07. The van der Waals surface area contributed by atoms with E-state index in [0.29, 0.717) is 24.4 Å². The fourth-order valence-corrected chi connectivity index (χ4v) is 6.50. The standard InChI is InChI=1S/C26H30N2O5S.C2HF3O2/c1-4-26(15-7-17-27-25(29)33-3)16-14-24-22(18-26)21-8-5-6-9-23(21)28(24)34(30,31)20-12-10-19(32-2)11-13-20;3-2(4,5)1(6)7/h5-6,8-13,18H,4,7,14-17H2,1-3H3;(H,6,7)/t26-;/m1./s1. The monoisotopic (exact) mass is 596 g/mol. The highest BCUT2D eigenvalue weighted by molar-refractivity contribution is 7.85. The van der Waals surface area contributed by atoms with Crippen LogP contribution in [0.25, 0.3) is 5.57 Å². The fourth-order valence-electron chi connectivity index (χ4n) is 4.92. The Hall–Kier alpha value is -3.87. The molecule has 9 nitrogen and oxygen atoms in total. The van der Waals surface area contributed by atoms with Crippen molar-refractivity contribution in [2.75, 3.05) is 20.8 Å².